The zero-order chi connectivity index (χ0) is 27.5. The maximum atomic E-state index is 13.1. The summed E-state index contributed by atoms with van der Waals surface area (Å²) in [6.07, 6.45) is 5.71. The third-order valence-electron chi connectivity index (χ3n) is 7.56. The minimum atomic E-state index is -0.778. The lowest BCUT2D eigenvalue weighted by Crippen LogP contribution is -2.47. The van der Waals surface area contributed by atoms with Crippen molar-refractivity contribution in [2.75, 3.05) is 49.5 Å². The Balaban J connectivity index is 1.25. The number of carboxylic acids is 1. The van der Waals surface area contributed by atoms with Crippen molar-refractivity contribution in [2.45, 2.75) is 52.6 Å². The van der Waals surface area contributed by atoms with Crippen LogP contribution in [0.15, 0.2) is 18.5 Å². The van der Waals surface area contributed by atoms with Crippen LogP contribution in [0.4, 0.5) is 10.9 Å². The first-order chi connectivity index (χ1) is 18.8. The third-order valence-corrected chi connectivity index (χ3v) is 9.68. The molecule has 0 unspecified atom stereocenters. The minimum absolute atomic E-state index is 0.148. The molecule has 0 aliphatic carbocycles. The molecule has 0 radical (unpaired) electrons. The molecule has 2 saturated heterocycles. The molecule has 0 bridgehead atoms. The number of carboxylic acid groups (broad SMARTS) is 1. The van der Waals surface area contributed by atoms with Gasteiger partial charge < -0.3 is 10.0 Å². The normalized spacial score (nSPS) is 18.5. The van der Waals surface area contributed by atoms with Gasteiger partial charge in [0.15, 0.2) is 5.13 Å². The van der Waals surface area contributed by atoms with E-state index < -0.39 is 5.97 Å². The van der Waals surface area contributed by atoms with Crippen molar-refractivity contribution in [2.24, 2.45) is 0 Å². The number of aliphatic carboxylic acids is 1. The smallest absolute Gasteiger partial charge is 0.304 e. The lowest BCUT2D eigenvalue weighted by molar-refractivity contribution is -0.137. The molecule has 2 fully saturated rings. The molecule has 2 N–H and O–H groups in total. The van der Waals surface area contributed by atoms with E-state index in [-0.39, 0.29) is 18.0 Å². The average Bonchev–Trinajstić information content (AvgIpc) is 3.62. The molecule has 0 saturated carbocycles. The maximum absolute atomic E-state index is 13.1. The first kappa shape index (κ1) is 27.6. The number of nitrogens with one attached hydrogen (secondary N) is 1. The van der Waals surface area contributed by atoms with Gasteiger partial charge in [0.05, 0.1) is 29.4 Å². The molecule has 5 heterocycles. The number of anilines is 2. The quantitative estimate of drug-likeness (QED) is 0.393. The highest BCUT2D eigenvalue weighted by atomic mass is 32.1. The first-order valence-electron chi connectivity index (χ1n) is 13.4. The van der Waals surface area contributed by atoms with E-state index in [1.54, 1.807) is 17.5 Å². The van der Waals surface area contributed by atoms with Gasteiger partial charge in [0.1, 0.15) is 11.5 Å². The SMILES string of the molecule is Cc1cc(-c2nc(NC(=O)c3cnc(N4CCN(CCC(=O)O)CC4)cn3)sc2CN2CCC[C@H]2C)sc1C. The highest BCUT2D eigenvalue weighted by Gasteiger charge is 2.25. The molecular weight excluding hydrogens is 534 g/mol. The standard InChI is InChI=1S/C27H35N7O3S2/c1-17-13-21(38-19(17)3)25-22(16-34-7-4-5-18(34)2)39-27(30-25)31-26(37)20-14-29-23(15-28-20)33-11-9-32(10-12-33)8-6-24(35)36/h13-15,18H,4-12,16H2,1-3H3,(H,35,36)(H,30,31,37)/t18-/m1/s1. The Hall–Kier alpha value is -2.93. The van der Waals surface area contributed by atoms with Gasteiger partial charge in [-0.3, -0.25) is 24.7 Å². The van der Waals surface area contributed by atoms with Crippen molar-refractivity contribution < 1.29 is 14.7 Å². The monoisotopic (exact) mass is 569 g/mol. The van der Waals surface area contributed by atoms with E-state index in [0.29, 0.717) is 23.5 Å². The highest BCUT2D eigenvalue weighted by Crippen LogP contribution is 2.38. The van der Waals surface area contributed by atoms with Crippen molar-refractivity contribution >= 4 is 45.5 Å². The zero-order valence-electron chi connectivity index (χ0n) is 22.6. The number of amides is 1. The Bertz CT molecular complexity index is 1300. The van der Waals surface area contributed by atoms with Gasteiger partial charge in [-0.15, -0.1) is 11.3 Å². The van der Waals surface area contributed by atoms with Crippen LogP contribution in [-0.2, 0) is 11.3 Å². The Morgan fingerprint density at radius 2 is 1.90 bits per heavy atom. The van der Waals surface area contributed by atoms with Gasteiger partial charge in [-0.2, -0.15) is 0 Å². The van der Waals surface area contributed by atoms with Gasteiger partial charge in [0.25, 0.3) is 5.91 Å². The summed E-state index contributed by atoms with van der Waals surface area (Å²) in [5.41, 5.74) is 2.46. The number of aryl methyl sites for hydroxylation is 2. The van der Waals surface area contributed by atoms with Crippen LogP contribution < -0.4 is 10.2 Å². The van der Waals surface area contributed by atoms with Crippen LogP contribution in [0, 0.1) is 13.8 Å². The maximum Gasteiger partial charge on any atom is 0.304 e. The number of nitrogens with zero attached hydrogens (tertiary/aromatic N) is 6. The van der Waals surface area contributed by atoms with E-state index in [0.717, 1.165) is 49.8 Å². The Labute approximate surface area is 236 Å². The van der Waals surface area contributed by atoms with Crippen LogP contribution in [0.25, 0.3) is 10.6 Å². The van der Waals surface area contributed by atoms with Crippen LogP contribution in [0.1, 0.15) is 52.0 Å². The number of hydrogen-bond acceptors (Lipinski definition) is 10. The lowest BCUT2D eigenvalue weighted by Gasteiger charge is -2.34. The second-order valence-corrected chi connectivity index (χ2v) is 12.6. The number of aromatic nitrogens is 3. The predicted octanol–water partition coefficient (Wildman–Crippen LogP) is 4.11. The summed E-state index contributed by atoms with van der Waals surface area (Å²) in [7, 11) is 0. The Morgan fingerprint density at radius 1 is 1.10 bits per heavy atom. The van der Waals surface area contributed by atoms with Crippen molar-refractivity contribution in [3.63, 3.8) is 0 Å². The summed E-state index contributed by atoms with van der Waals surface area (Å²) in [4.78, 5) is 47.9. The van der Waals surface area contributed by atoms with Gasteiger partial charge in [-0.25, -0.2) is 15.0 Å². The fraction of sp³-hybridized carbons (Fsp3) is 0.519. The van der Waals surface area contributed by atoms with Crippen LogP contribution >= 0.6 is 22.7 Å². The van der Waals surface area contributed by atoms with E-state index >= 15 is 0 Å². The number of likely N-dealkylation sites (tertiary alicyclic amines) is 1. The Morgan fingerprint density at radius 3 is 2.51 bits per heavy atom. The predicted molar refractivity (Wildman–Crippen MR) is 155 cm³/mol. The van der Waals surface area contributed by atoms with E-state index in [2.05, 4.69) is 56.8 Å². The van der Waals surface area contributed by atoms with Gasteiger partial charge >= 0.3 is 5.97 Å². The molecule has 208 valence electrons. The van der Waals surface area contributed by atoms with Crippen LogP contribution in [0.3, 0.4) is 0 Å². The molecule has 2 aliphatic heterocycles. The number of carbonyl (C=O) groups is 2. The number of hydrogen-bond donors (Lipinski definition) is 2. The number of thiophene rings is 1. The second kappa shape index (κ2) is 12.1. The largest absolute Gasteiger partial charge is 0.481 e. The van der Waals surface area contributed by atoms with E-state index in [9.17, 15) is 9.59 Å². The molecule has 1 atom stereocenters. The van der Waals surface area contributed by atoms with E-state index in [1.807, 2.05) is 0 Å². The number of thiazole rings is 1. The molecule has 3 aromatic rings. The van der Waals surface area contributed by atoms with E-state index in [1.165, 1.54) is 45.7 Å². The fourth-order valence-electron chi connectivity index (χ4n) is 5.02. The van der Waals surface area contributed by atoms with Gasteiger partial charge in [0.2, 0.25) is 0 Å². The molecule has 39 heavy (non-hydrogen) atoms. The number of carbonyl (C=O) groups excluding carboxylic acids is 1. The second-order valence-electron chi connectivity index (χ2n) is 10.3. The van der Waals surface area contributed by atoms with Gasteiger partial charge in [0, 0.05) is 55.1 Å². The molecule has 5 rings (SSSR count). The van der Waals surface area contributed by atoms with Crippen molar-refractivity contribution in [3.05, 3.63) is 39.5 Å². The average molecular weight is 570 g/mol. The molecule has 3 aromatic heterocycles. The molecule has 0 spiro atoms. The summed E-state index contributed by atoms with van der Waals surface area (Å²) >= 11 is 3.28. The van der Waals surface area contributed by atoms with Crippen LogP contribution in [0.2, 0.25) is 0 Å². The summed E-state index contributed by atoms with van der Waals surface area (Å²) in [6.45, 7) is 12.0. The molecule has 0 aromatic carbocycles. The van der Waals surface area contributed by atoms with Crippen LogP contribution in [-0.4, -0.2) is 87.0 Å². The lowest BCUT2D eigenvalue weighted by atomic mass is 10.2. The van der Waals surface area contributed by atoms with Crippen molar-refractivity contribution in [1.29, 1.82) is 0 Å². The minimum Gasteiger partial charge on any atom is -0.481 e. The number of rotatable bonds is 9. The zero-order valence-corrected chi connectivity index (χ0v) is 24.3. The Kier molecular flexibility index (Phi) is 8.55. The molecule has 1 amide bonds. The first-order valence-corrected chi connectivity index (χ1v) is 15.0. The summed E-state index contributed by atoms with van der Waals surface area (Å²) < 4.78 is 0. The van der Waals surface area contributed by atoms with Gasteiger partial charge in [-0.1, -0.05) is 11.3 Å². The summed E-state index contributed by atoms with van der Waals surface area (Å²) in [6, 6.07) is 2.74. The third kappa shape index (κ3) is 6.63. The summed E-state index contributed by atoms with van der Waals surface area (Å²) in [5, 5.41) is 12.4. The van der Waals surface area contributed by atoms with Gasteiger partial charge in [-0.05, 0) is 51.8 Å². The van der Waals surface area contributed by atoms with Crippen molar-refractivity contribution in [3.8, 4) is 10.6 Å². The van der Waals surface area contributed by atoms with E-state index in [4.69, 9.17) is 10.1 Å². The topological polar surface area (TPSA) is 115 Å². The molecule has 12 heteroatoms. The van der Waals surface area contributed by atoms with Crippen LogP contribution in [0.5, 0.6) is 0 Å². The highest BCUT2D eigenvalue weighted by molar-refractivity contribution is 7.18. The van der Waals surface area contributed by atoms with Crippen molar-refractivity contribution in [1.82, 2.24) is 24.8 Å². The molecule has 2 aliphatic rings. The fourth-order valence-corrected chi connectivity index (χ4v) is 7.14. The summed E-state index contributed by atoms with van der Waals surface area (Å²) in [5.74, 6) is -0.390. The molecule has 10 nitrogen and oxygen atoms in total. The molecular formula is C27H35N7O3S2. The number of piperazine rings is 1.